The highest BCUT2D eigenvalue weighted by Gasteiger charge is 2.54. The van der Waals surface area contributed by atoms with Crippen LogP contribution in [0.4, 0.5) is 8.78 Å². The van der Waals surface area contributed by atoms with E-state index in [1.165, 1.54) is 24.3 Å². The van der Waals surface area contributed by atoms with Gasteiger partial charge in [0.05, 0.1) is 11.5 Å². The Kier molecular flexibility index (Phi) is 5.82. The van der Waals surface area contributed by atoms with Crippen molar-refractivity contribution in [3.8, 4) is 0 Å². The van der Waals surface area contributed by atoms with Crippen LogP contribution < -0.4 is 0 Å². The van der Waals surface area contributed by atoms with Crippen LogP contribution in [0.25, 0.3) is 0 Å². The van der Waals surface area contributed by atoms with Gasteiger partial charge in [-0.05, 0) is 12.8 Å². The Morgan fingerprint density at radius 3 is 2.16 bits per heavy atom. The fourth-order valence-corrected chi connectivity index (χ4v) is 4.70. The van der Waals surface area contributed by atoms with Crippen molar-refractivity contribution in [3.63, 3.8) is 0 Å². The molecule has 0 unspecified atom stereocenters. The molecule has 1 fully saturated rings. The standard InChI is InChI=1S/C15H19F2NO5S2/c1-24(19,20)23-18-14(12-8-4-2-5-9-12)15(16,17)25(21,22)13-10-6-3-7-11-13/h2,4-5,8-9,13H,3,6-7,10-11H2,1H3. The van der Waals surface area contributed by atoms with E-state index in [0.717, 1.165) is 6.42 Å². The van der Waals surface area contributed by atoms with Gasteiger partial charge in [0, 0.05) is 5.56 Å². The minimum atomic E-state index is -4.92. The molecule has 1 aromatic rings. The number of alkyl halides is 2. The number of nitrogens with zero attached hydrogens (tertiary/aromatic N) is 1. The predicted octanol–water partition coefficient (Wildman–Crippen LogP) is 2.71. The summed E-state index contributed by atoms with van der Waals surface area (Å²) in [5.74, 6) is 0. The molecule has 1 aromatic carbocycles. The van der Waals surface area contributed by atoms with Crippen molar-refractivity contribution in [1.82, 2.24) is 0 Å². The predicted molar refractivity (Wildman–Crippen MR) is 89.6 cm³/mol. The minimum Gasteiger partial charge on any atom is -0.268 e. The average Bonchev–Trinajstić information content (AvgIpc) is 2.55. The number of oxime groups is 1. The topological polar surface area (TPSA) is 89.9 Å². The third-order valence-electron chi connectivity index (χ3n) is 3.94. The molecule has 1 saturated carbocycles. The Balaban J connectivity index is 2.51. The zero-order valence-corrected chi connectivity index (χ0v) is 15.2. The molecule has 0 N–H and O–H groups in total. The van der Waals surface area contributed by atoms with Crippen LogP contribution >= 0.6 is 0 Å². The van der Waals surface area contributed by atoms with Crippen LogP contribution in [0.2, 0.25) is 0 Å². The van der Waals surface area contributed by atoms with E-state index in [1.54, 1.807) is 6.07 Å². The van der Waals surface area contributed by atoms with Crippen molar-refractivity contribution in [3.05, 3.63) is 35.9 Å². The van der Waals surface area contributed by atoms with E-state index >= 15 is 0 Å². The van der Waals surface area contributed by atoms with E-state index in [0.29, 0.717) is 19.1 Å². The van der Waals surface area contributed by atoms with Gasteiger partial charge in [0.15, 0.2) is 5.71 Å². The lowest BCUT2D eigenvalue weighted by molar-refractivity contribution is 0.162. The van der Waals surface area contributed by atoms with Crippen LogP contribution in [0.3, 0.4) is 0 Å². The summed E-state index contributed by atoms with van der Waals surface area (Å²) in [7, 11) is -9.09. The molecule has 0 amide bonds. The largest absolute Gasteiger partial charge is 0.391 e. The van der Waals surface area contributed by atoms with Crippen LogP contribution in [-0.4, -0.2) is 39.3 Å². The fraction of sp³-hybridized carbons (Fsp3) is 0.533. The summed E-state index contributed by atoms with van der Waals surface area (Å²) in [6, 6.07) is 6.80. The summed E-state index contributed by atoms with van der Waals surface area (Å²) >= 11 is 0. The number of rotatable bonds is 6. The van der Waals surface area contributed by atoms with Crippen LogP contribution in [0, 0.1) is 0 Å². The van der Waals surface area contributed by atoms with Gasteiger partial charge in [-0.1, -0.05) is 54.8 Å². The van der Waals surface area contributed by atoms with E-state index in [-0.39, 0.29) is 18.4 Å². The fourth-order valence-electron chi connectivity index (χ4n) is 2.69. The first kappa shape index (κ1) is 19.8. The highest BCUT2D eigenvalue weighted by atomic mass is 32.2. The zero-order chi connectivity index (χ0) is 18.7. The first-order chi connectivity index (χ1) is 11.6. The summed E-state index contributed by atoms with van der Waals surface area (Å²) < 4.78 is 81.2. The molecular weight excluding hydrogens is 376 g/mol. The monoisotopic (exact) mass is 395 g/mol. The van der Waals surface area contributed by atoms with Crippen molar-refractivity contribution in [2.75, 3.05) is 6.26 Å². The molecule has 1 aliphatic rings. The molecule has 0 saturated heterocycles. The number of halogens is 2. The summed E-state index contributed by atoms with van der Waals surface area (Å²) in [6.45, 7) is 0. The van der Waals surface area contributed by atoms with Crippen LogP contribution in [0.15, 0.2) is 35.5 Å². The SMILES string of the molecule is CS(=O)(=O)ON=C(c1ccccc1)C(F)(F)S(=O)(=O)C1CCCCC1. The molecule has 0 atom stereocenters. The Morgan fingerprint density at radius 1 is 1.08 bits per heavy atom. The first-order valence-electron chi connectivity index (χ1n) is 7.69. The van der Waals surface area contributed by atoms with Crippen molar-refractivity contribution in [2.24, 2.45) is 5.16 Å². The normalized spacial score (nSPS) is 18.1. The molecule has 0 bridgehead atoms. The molecule has 10 heteroatoms. The van der Waals surface area contributed by atoms with Gasteiger partial charge < -0.3 is 0 Å². The summed E-state index contributed by atoms with van der Waals surface area (Å²) in [4.78, 5) is 0. The van der Waals surface area contributed by atoms with Gasteiger partial charge in [-0.25, -0.2) is 8.42 Å². The molecule has 0 aliphatic heterocycles. The molecule has 6 nitrogen and oxygen atoms in total. The Labute approximate surface area is 145 Å². The van der Waals surface area contributed by atoms with E-state index < -0.39 is 36.2 Å². The Hall–Kier alpha value is -1.55. The maximum absolute atomic E-state index is 14.9. The van der Waals surface area contributed by atoms with E-state index in [2.05, 4.69) is 9.44 Å². The number of benzene rings is 1. The second kappa shape index (κ2) is 7.36. The molecule has 0 heterocycles. The van der Waals surface area contributed by atoms with Gasteiger partial charge >= 0.3 is 15.4 Å². The second-order valence-corrected chi connectivity index (χ2v) is 9.73. The number of hydrogen-bond donors (Lipinski definition) is 0. The highest BCUT2D eigenvalue weighted by molar-refractivity contribution is 7.93. The van der Waals surface area contributed by atoms with Gasteiger partial charge in [0.25, 0.3) is 0 Å². The lowest BCUT2D eigenvalue weighted by Crippen LogP contribution is -2.45. The molecule has 2 rings (SSSR count). The molecule has 0 radical (unpaired) electrons. The van der Waals surface area contributed by atoms with Crippen LogP contribution in [-0.2, 0) is 24.2 Å². The molecule has 0 aromatic heterocycles. The maximum Gasteiger partial charge on any atom is 0.391 e. The molecule has 1 aliphatic carbocycles. The van der Waals surface area contributed by atoms with Crippen LogP contribution in [0.1, 0.15) is 37.7 Å². The molecule has 0 spiro atoms. The van der Waals surface area contributed by atoms with Crippen molar-refractivity contribution in [2.45, 2.75) is 42.6 Å². The highest BCUT2D eigenvalue weighted by Crippen LogP contribution is 2.36. The van der Waals surface area contributed by atoms with Gasteiger partial charge in [0.1, 0.15) is 0 Å². The second-order valence-electron chi connectivity index (χ2n) is 5.91. The number of hydrogen-bond acceptors (Lipinski definition) is 6. The van der Waals surface area contributed by atoms with E-state index in [1.807, 2.05) is 0 Å². The number of sulfone groups is 1. The third kappa shape index (κ3) is 4.55. The molecule has 140 valence electrons. The zero-order valence-electron chi connectivity index (χ0n) is 13.6. The maximum atomic E-state index is 14.9. The first-order valence-corrected chi connectivity index (χ1v) is 11.1. The molecule has 25 heavy (non-hydrogen) atoms. The lowest BCUT2D eigenvalue weighted by Gasteiger charge is -2.27. The summed E-state index contributed by atoms with van der Waals surface area (Å²) in [6.07, 6.45) is 2.83. The van der Waals surface area contributed by atoms with Crippen molar-refractivity contribution < 1.29 is 29.9 Å². The van der Waals surface area contributed by atoms with Gasteiger partial charge in [0.2, 0.25) is 9.84 Å². The smallest absolute Gasteiger partial charge is 0.268 e. The van der Waals surface area contributed by atoms with Gasteiger partial charge in [-0.2, -0.15) is 17.2 Å². The summed E-state index contributed by atoms with van der Waals surface area (Å²) in [5.41, 5.74) is -1.46. The average molecular weight is 395 g/mol. The molecular formula is C15H19F2NO5S2. The van der Waals surface area contributed by atoms with Crippen molar-refractivity contribution in [1.29, 1.82) is 0 Å². The van der Waals surface area contributed by atoms with Crippen molar-refractivity contribution >= 4 is 25.7 Å². The third-order valence-corrected chi connectivity index (χ3v) is 6.54. The summed E-state index contributed by atoms with van der Waals surface area (Å²) in [5, 5.41) is -2.57. The van der Waals surface area contributed by atoms with Gasteiger partial charge in [-0.15, -0.1) is 0 Å². The Bertz CT molecular complexity index is 830. The van der Waals surface area contributed by atoms with Crippen LogP contribution in [0.5, 0.6) is 0 Å². The van der Waals surface area contributed by atoms with E-state index in [9.17, 15) is 25.6 Å². The quantitative estimate of drug-likeness (QED) is 0.546. The Morgan fingerprint density at radius 2 is 1.64 bits per heavy atom. The minimum absolute atomic E-state index is 0.146. The lowest BCUT2D eigenvalue weighted by atomic mass is 10.0. The van der Waals surface area contributed by atoms with Gasteiger partial charge in [-0.3, -0.25) is 4.28 Å². The van der Waals surface area contributed by atoms with E-state index in [4.69, 9.17) is 0 Å².